The molecular formula is C15H22NO3+. The van der Waals surface area contributed by atoms with E-state index in [0.29, 0.717) is 19.4 Å². The van der Waals surface area contributed by atoms with E-state index in [-0.39, 0.29) is 6.04 Å². The van der Waals surface area contributed by atoms with E-state index in [2.05, 4.69) is 17.9 Å². The van der Waals surface area contributed by atoms with Gasteiger partial charge in [-0.3, -0.25) is 0 Å². The summed E-state index contributed by atoms with van der Waals surface area (Å²) in [6.07, 6.45) is 3.94. The second-order valence-electron chi connectivity index (χ2n) is 5.37. The Morgan fingerprint density at radius 1 is 1.32 bits per heavy atom. The molecule has 4 heteroatoms. The number of hydrogen-bond donors (Lipinski definition) is 2. The van der Waals surface area contributed by atoms with Crippen LogP contribution in [0.4, 0.5) is 0 Å². The quantitative estimate of drug-likeness (QED) is 0.812. The van der Waals surface area contributed by atoms with E-state index in [4.69, 9.17) is 4.74 Å². The van der Waals surface area contributed by atoms with Gasteiger partial charge in [0, 0.05) is 6.42 Å². The SMILES string of the molecule is [NH3+]C(COC1(C(=O)O)CCCC1)Cc1ccccc1. The third-order valence-electron chi connectivity index (χ3n) is 3.76. The fraction of sp³-hybridized carbons (Fsp3) is 0.533. The molecule has 19 heavy (non-hydrogen) atoms. The van der Waals surface area contributed by atoms with Crippen molar-refractivity contribution in [2.45, 2.75) is 43.7 Å². The Labute approximate surface area is 113 Å². The van der Waals surface area contributed by atoms with Gasteiger partial charge < -0.3 is 15.6 Å². The van der Waals surface area contributed by atoms with Gasteiger partial charge in [-0.1, -0.05) is 30.3 Å². The largest absolute Gasteiger partial charge is 0.479 e. The molecule has 4 nitrogen and oxygen atoms in total. The minimum absolute atomic E-state index is 0.0826. The number of quaternary nitrogens is 1. The molecule has 2 rings (SSSR count). The molecule has 1 aromatic rings. The van der Waals surface area contributed by atoms with Crippen LogP contribution in [0.2, 0.25) is 0 Å². The minimum atomic E-state index is -0.952. The van der Waals surface area contributed by atoms with Crippen LogP contribution in [0.3, 0.4) is 0 Å². The van der Waals surface area contributed by atoms with Crippen LogP contribution in [-0.4, -0.2) is 29.3 Å². The predicted octanol–water partition coefficient (Wildman–Crippen LogP) is 1.25. The molecule has 104 valence electrons. The number of aliphatic carboxylic acids is 1. The van der Waals surface area contributed by atoms with Crippen molar-refractivity contribution in [3.05, 3.63) is 35.9 Å². The van der Waals surface area contributed by atoms with Gasteiger partial charge in [0.25, 0.3) is 0 Å². The highest BCUT2D eigenvalue weighted by molar-refractivity contribution is 5.77. The predicted molar refractivity (Wildman–Crippen MR) is 71.6 cm³/mol. The van der Waals surface area contributed by atoms with E-state index < -0.39 is 11.6 Å². The second-order valence-corrected chi connectivity index (χ2v) is 5.37. The van der Waals surface area contributed by atoms with Gasteiger partial charge >= 0.3 is 5.97 Å². The van der Waals surface area contributed by atoms with E-state index in [0.717, 1.165) is 19.3 Å². The topological polar surface area (TPSA) is 74.2 Å². The lowest BCUT2D eigenvalue weighted by Crippen LogP contribution is -2.65. The molecule has 0 heterocycles. The monoisotopic (exact) mass is 264 g/mol. The number of carboxylic acids is 1. The molecule has 0 saturated heterocycles. The molecule has 1 aliphatic rings. The fourth-order valence-corrected chi connectivity index (χ4v) is 2.65. The lowest BCUT2D eigenvalue weighted by Gasteiger charge is -2.25. The second kappa shape index (κ2) is 6.17. The summed E-state index contributed by atoms with van der Waals surface area (Å²) in [7, 11) is 0. The summed E-state index contributed by atoms with van der Waals surface area (Å²) in [6.45, 7) is 0.404. The van der Waals surface area contributed by atoms with Crippen LogP contribution in [0.15, 0.2) is 30.3 Å². The van der Waals surface area contributed by atoms with E-state index in [1.807, 2.05) is 18.2 Å². The molecule has 1 atom stereocenters. The van der Waals surface area contributed by atoms with E-state index in [1.54, 1.807) is 0 Å². The molecule has 0 aromatic heterocycles. The molecule has 1 fully saturated rings. The van der Waals surface area contributed by atoms with Crippen LogP contribution in [-0.2, 0) is 16.0 Å². The number of carboxylic acid groups (broad SMARTS) is 1. The van der Waals surface area contributed by atoms with Gasteiger partial charge in [-0.05, 0) is 31.2 Å². The molecule has 0 bridgehead atoms. The summed E-state index contributed by atoms with van der Waals surface area (Å²) >= 11 is 0. The zero-order chi connectivity index (χ0) is 13.7. The Hall–Kier alpha value is -1.39. The van der Waals surface area contributed by atoms with Crippen LogP contribution in [0.1, 0.15) is 31.2 Å². The van der Waals surface area contributed by atoms with Crippen molar-refractivity contribution in [2.75, 3.05) is 6.61 Å². The van der Waals surface area contributed by atoms with Gasteiger partial charge in [0.15, 0.2) is 5.60 Å². The van der Waals surface area contributed by atoms with Crippen molar-refractivity contribution in [3.8, 4) is 0 Å². The minimum Gasteiger partial charge on any atom is -0.479 e. The Kier molecular flexibility index (Phi) is 4.56. The standard InChI is InChI=1S/C15H21NO3/c16-13(10-12-6-2-1-3-7-12)11-19-15(14(17)18)8-4-5-9-15/h1-3,6-7,13H,4-5,8-11,16H2,(H,17,18)/p+1. The van der Waals surface area contributed by atoms with Crippen LogP contribution in [0, 0.1) is 0 Å². The van der Waals surface area contributed by atoms with Crippen molar-refractivity contribution in [1.29, 1.82) is 0 Å². The summed E-state index contributed by atoms with van der Waals surface area (Å²) < 4.78 is 5.72. The Morgan fingerprint density at radius 3 is 2.53 bits per heavy atom. The van der Waals surface area contributed by atoms with Crippen LogP contribution < -0.4 is 5.73 Å². The van der Waals surface area contributed by atoms with Gasteiger partial charge in [-0.15, -0.1) is 0 Å². The Morgan fingerprint density at radius 2 is 1.95 bits per heavy atom. The van der Waals surface area contributed by atoms with Crippen LogP contribution in [0.5, 0.6) is 0 Å². The van der Waals surface area contributed by atoms with E-state index >= 15 is 0 Å². The molecule has 0 radical (unpaired) electrons. The molecule has 1 aliphatic carbocycles. The fourth-order valence-electron chi connectivity index (χ4n) is 2.65. The lowest BCUT2D eigenvalue weighted by molar-refractivity contribution is -0.429. The Bertz CT molecular complexity index is 413. The zero-order valence-corrected chi connectivity index (χ0v) is 11.2. The Balaban J connectivity index is 1.86. The molecular weight excluding hydrogens is 242 g/mol. The average molecular weight is 264 g/mol. The summed E-state index contributed by atoms with van der Waals surface area (Å²) in [5.74, 6) is -0.822. The highest BCUT2D eigenvalue weighted by Crippen LogP contribution is 2.33. The van der Waals surface area contributed by atoms with Crippen LogP contribution in [0.25, 0.3) is 0 Å². The third kappa shape index (κ3) is 3.55. The zero-order valence-electron chi connectivity index (χ0n) is 11.2. The molecule has 1 saturated carbocycles. The van der Waals surface area contributed by atoms with Crippen LogP contribution >= 0.6 is 0 Å². The average Bonchev–Trinajstić information content (AvgIpc) is 2.88. The summed E-state index contributed by atoms with van der Waals surface area (Å²) in [4.78, 5) is 11.3. The van der Waals surface area contributed by atoms with Crippen molar-refractivity contribution in [1.82, 2.24) is 0 Å². The first kappa shape index (κ1) is 14.0. The number of rotatable bonds is 6. The first-order valence-corrected chi connectivity index (χ1v) is 6.87. The van der Waals surface area contributed by atoms with Gasteiger partial charge in [-0.25, -0.2) is 4.79 Å². The molecule has 1 aromatic carbocycles. The molecule has 0 spiro atoms. The van der Waals surface area contributed by atoms with Gasteiger partial charge in [0.05, 0.1) is 0 Å². The number of hydrogen-bond acceptors (Lipinski definition) is 2. The third-order valence-corrected chi connectivity index (χ3v) is 3.76. The summed E-state index contributed by atoms with van der Waals surface area (Å²) in [5, 5.41) is 9.32. The van der Waals surface area contributed by atoms with Gasteiger partial charge in [0.1, 0.15) is 12.6 Å². The van der Waals surface area contributed by atoms with E-state index in [9.17, 15) is 9.90 Å². The summed E-state index contributed by atoms with van der Waals surface area (Å²) in [5.41, 5.74) is 4.33. The molecule has 0 aliphatic heterocycles. The molecule has 4 N–H and O–H groups in total. The van der Waals surface area contributed by atoms with Crippen molar-refractivity contribution in [3.63, 3.8) is 0 Å². The van der Waals surface area contributed by atoms with E-state index in [1.165, 1.54) is 5.56 Å². The van der Waals surface area contributed by atoms with Gasteiger partial charge in [-0.2, -0.15) is 0 Å². The number of benzene rings is 1. The maximum atomic E-state index is 11.3. The summed E-state index contributed by atoms with van der Waals surface area (Å²) in [6, 6.07) is 10.2. The first-order chi connectivity index (χ1) is 9.12. The maximum Gasteiger partial charge on any atom is 0.335 e. The molecule has 1 unspecified atom stereocenters. The molecule has 0 amide bonds. The highest BCUT2D eigenvalue weighted by atomic mass is 16.5. The number of ether oxygens (including phenoxy) is 1. The lowest BCUT2D eigenvalue weighted by atomic mass is 10.0. The normalized spacial score (nSPS) is 19.2. The van der Waals surface area contributed by atoms with Crippen molar-refractivity contribution >= 4 is 5.97 Å². The van der Waals surface area contributed by atoms with Crippen molar-refractivity contribution < 1.29 is 20.4 Å². The highest BCUT2D eigenvalue weighted by Gasteiger charge is 2.42. The van der Waals surface area contributed by atoms with Crippen molar-refractivity contribution in [2.24, 2.45) is 0 Å². The first-order valence-electron chi connectivity index (χ1n) is 6.87. The number of carbonyl (C=O) groups is 1. The smallest absolute Gasteiger partial charge is 0.335 e. The maximum absolute atomic E-state index is 11.3. The van der Waals surface area contributed by atoms with Gasteiger partial charge in [0.2, 0.25) is 0 Å².